The molecule has 0 radical (unpaired) electrons. The Hall–Kier alpha value is -2.39. The van der Waals surface area contributed by atoms with E-state index in [0.717, 1.165) is 11.3 Å². The zero-order valence-corrected chi connectivity index (χ0v) is 11.1. The van der Waals surface area contributed by atoms with E-state index in [-0.39, 0.29) is 0 Å². The number of ketones is 2. The Kier molecular flexibility index (Phi) is 3.12. The van der Waals surface area contributed by atoms with Gasteiger partial charge in [0.05, 0.1) is 5.70 Å². The van der Waals surface area contributed by atoms with Crippen LogP contribution in [0.25, 0.3) is 5.70 Å². The number of carbonyl (C=O) groups excluding carboxylic acids is 2. The molecule has 0 atom stereocenters. The third kappa shape index (κ3) is 2.24. The van der Waals surface area contributed by atoms with Crippen LogP contribution in [0.2, 0.25) is 5.02 Å². The first-order chi connectivity index (χ1) is 9.65. The van der Waals surface area contributed by atoms with E-state index in [2.05, 4.69) is 5.32 Å². The van der Waals surface area contributed by atoms with Crippen LogP contribution in [-0.2, 0) is 4.79 Å². The van der Waals surface area contributed by atoms with Crippen LogP contribution in [-0.4, -0.2) is 11.6 Å². The first-order valence-electron chi connectivity index (χ1n) is 6.07. The average Bonchev–Trinajstić information content (AvgIpc) is 2.47. The second kappa shape index (κ2) is 4.94. The van der Waals surface area contributed by atoms with Gasteiger partial charge in [-0.25, -0.2) is 0 Å². The molecule has 1 N–H and O–H groups in total. The fourth-order valence-corrected chi connectivity index (χ4v) is 2.24. The Morgan fingerprint density at radius 1 is 0.850 bits per heavy atom. The highest BCUT2D eigenvalue weighted by Crippen LogP contribution is 2.26. The third-order valence-electron chi connectivity index (χ3n) is 3.08. The molecular weight excluding hydrogens is 274 g/mol. The lowest BCUT2D eigenvalue weighted by atomic mass is 9.93. The van der Waals surface area contributed by atoms with E-state index in [1.165, 1.54) is 6.08 Å². The van der Waals surface area contributed by atoms with Crippen molar-refractivity contribution in [2.45, 2.75) is 0 Å². The summed E-state index contributed by atoms with van der Waals surface area (Å²) in [7, 11) is 0. The number of nitrogens with one attached hydrogen (secondary N) is 1. The van der Waals surface area contributed by atoms with Crippen LogP contribution >= 0.6 is 11.6 Å². The van der Waals surface area contributed by atoms with Crippen LogP contribution in [0, 0.1) is 0 Å². The molecule has 2 aromatic rings. The molecule has 4 heteroatoms. The molecular formula is C16H10ClNO2. The van der Waals surface area contributed by atoms with Gasteiger partial charge < -0.3 is 5.32 Å². The van der Waals surface area contributed by atoms with Gasteiger partial charge in [0.25, 0.3) is 0 Å². The van der Waals surface area contributed by atoms with E-state index in [0.29, 0.717) is 16.3 Å². The Morgan fingerprint density at radius 3 is 2.20 bits per heavy atom. The molecule has 1 aliphatic rings. The molecule has 0 aromatic heterocycles. The molecule has 0 amide bonds. The normalized spacial score (nSPS) is 13.8. The number of anilines is 1. The maximum atomic E-state index is 11.8. The Labute approximate surface area is 120 Å². The summed E-state index contributed by atoms with van der Waals surface area (Å²) in [5.74, 6) is -0.984. The maximum absolute atomic E-state index is 11.8. The second-order valence-electron chi connectivity index (χ2n) is 4.43. The van der Waals surface area contributed by atoms with Crippen molar-refractivity contribution in [1.82, 2.24) is 0 Å². The summed E-state index contributed by atoms with van der Waals surface area (Å²) in [5.41, 5.74) is 2.58. The molecule has 98 valence electrons. The smallest absolute Gasteiger partial charge is 0.233 e. The van der Waals surface area contributed by atoms with Crippen molar-refractivity contribution in [2.75, 3.05) is 5.32 Å². The number of rotatable bonds is 2. The molecule has 1 aliphatic carbocycles. The topological polar surface area (TPSA) is 46.2 Å². The van der Waals surface area contributed by atoms with Crippen molar-refractivity contribution < 1.29 is 9.59 Å². The number of carbonyl (C=O) groups is 2. The highest BCUT2D eigenvalue weighted by atomic mass is 35.5. The Bertz CT molecular complexity index is 732. The number of hydrogen-bond donors (Lipinski definition) is 1. The predicted octanol–water partition coefficient (Wildman–Crippen LogP) is 3.56. The molecule has 0 saturated carbocycles. The minimum Gasteiger partial charge on any atom is -0.355 e. The average molecular weight is 284 g/mol. The summed E-state index contributed by atoms with van der Waals surface area (Å²) in [5, 5.41) is 3.78. The monoisotopic (exact) mass is 283 g/mol. The minimum absolute atomic E-state index is 0.427. The molecule has 0 aliphatic heterocycles. The standard InChI is InChI=1S/C16H10ClNO2/c17-10-5-7-11(8-6-10)18-14-9-15(19)16(20)13-4-2-1-3-12(13)14/h1-9,18H. The lowest BCUT2D eigenvalue weighted by molar-refractivity contribution is -0.111. The molecule has 0 spiro atoms. The fraction of sp³-hybridized carbons (Fsp3) is 0. The number of hydrogen-bond acceptors (Lipinski definition) is 3. The number of halogens is 1. The summed E-state index contributed by atoms with van der Waals surface area (Å²) in [4.78, 5) is 23.5. The molecule has 0 unspecified atom stereocenters. The van der Waals surface area contributed by atoms with E-state index in [1.807, 2.05) is 24.3 Å². The van der Waals surface area contributed by atoms with Gasteiger partial charge in [-0.1, -0.05) is 35.9 Å². The SMILES string of the molecule is O=C1C=C(Nc2ccc(Cl)cc2)c2ccccc2C1=O. The lowest BCUT2D eigenvalue weighted by Gasteiger charge is -2.17. The van der Waals surface area contributed by atoms with E-state index < -0.39 is 11.6 Å². The molecule has 0 bridgehead atoms. The van der Waals surface area contributed by atoms with E-state index in [4.69, 9.17) is 11.6 Å². The zero-order chi connectivity index (χ0) is 14.1. The Morgan fingerprint density at radius 2 is 1.50 bits per heavy atom. The number of allylic oxidation sites excluding steroid dienone is 1. The molecule has 2 aromatic carbocycles. The van der Waals surface area contributed by atoms with Crippen LogP contribution in [0.5, 0.6) is 0 Å². The van der Waals surface area contributed by atoms with Crippen molar-refractivity contribution in [3.05, 3.63) is 70.8 Å². The summed E-state index contributed by atoms with van der Waals surface area (Å²) in [6.45, 7) is 0. The molecule has 0 heterocycles. The molecule has 0 fully saturated rings. The number of Topliss-reactive ketones (excluding diaryl/α,β-unsaturated/α-hetero) is 1. The first-order valence-corrected chi connectivity index (χ1v) is 6.45. The van der Waals surface area contributed by atoms with Gasteiger partial charge >= 0.3 is 0 Å². The van der Waals surface area contributed by atoms with Gasteiger partial charge in [-0.15, -0.1) is 0 Å². The van der Waals surface area contributed by atoms with Gasteiger partial charge in [-0.2, -0.15) is 0 Å². The van der Waals surface area contributed by atoms with Crippen LogP contribution in [0.3, 0.4) is 0 Å². The van der Waals surface area contributed by atoms with Gasteiger partial charge in [0.15, 0.2) is 0 Å². The highest BCUT2D eigenvalue weighted by molar-refractivity contribution is 6.50. The van der Waals surface area contributed by atoms with Gasteiger partial charge in [0.1, 0.15) is 0 Å². The van der Waals surface area contributed by atoms with Crippen LogP contribution in [0.15, 0.2) is 54.6 Å². The molecule has 20 heavy (non-hydrogen) atoms. The van der Waals surface area contributed by atoms with Crippen LogP contribution in [0.1, 0.15) is 15.9 Å². The summed E-state index contributed by atoms with van der Waals surface area (Å²) >= 11 is 5.84. The highest BCUT2D eigenvalue weighted by Gasteiger charge is 2.25. The van der Waals surface area contributed by atoms with Crippen molar-refractivity contribution in [2.24, 2.45) is 0 Å². The van der Waals surface area contributed by atoms with E-state index in [1.54, 1.807) is 24.3 Å². The van der Waals surface area contributed by atoms with Gasteiger partial charge in [0.2, 0.25) is 11.6 Å². The largest absolute Gasteiger partial charge is 0.355 e. The molecule has 0 saturated heterocycles. The quantitative estimate of drug-likeness (QED) is 0.857. The first kappa shape index (κ1) is 12.6. The van der Waals surface area contributed by atoms with Crippen molar-refractivity contribution in [3.63, 3.8) is 0 Å². The van der Waals surface area contributed by atoms with Crippen molar-refractivity contribution in [3.8, 4) is 0 Å². The van der Waals surface area contributed by atoms with Gasteiger partial charge in [-0.3, -0.25) is 9.59 Å². The van der Waals surface area contributed by atoms with Crippen molar-refractivity contribution in [1.29, 1.82) is 0 Å². The molecule has 3 rings (SSSR count). The number of fused-ring (bicyclic) bond motifs is 1. The summed E-state index contributed by atoms with van der Waals surface area (Å²) < 4.78 is 0. The fourth-order valence-electron chi connectivity index (χ4n) is 2.12. The van der Waals surface area contributed by atoms with Gasteiger partial charge in [0, 0.05) is 27.9 Å². The second-order valence-corrected chi connectivity index (χ2v) is 4.87. The van der Waals surface area contributed by atoms with E-state index in [9.17, 15) is 9.59 Å². The van der Waals surface area contributed by atoms with Crippen molar-refractivity contribution >= 4 is 34.6 Å². The van der Waals surface area contributed by atoms with Crippen LogP contribution in [0.4, 0.5) is 5.69 Å². The van der Waals surface area contributed by atoms with Gasteiger partial charge in [-0.05, 0) is 24.3 Å². The zero-order valence-electron chi connectivity index (χ0n) is 10.4. The number of benzene rings is 2. The van der Waals surface area contributed by atoms with Crippen LogP contribution < -0.4 is 5.32 Å². The minimum atomic E-state index is -0.514. The molecule has 3 nitrogen and oxygen atoms in total. The Balaban J connectivity index is 2.01. The lowest BCUT2D eigenvalue weighted by Crippen LogP contribution is -2.20. The predicted molar refractivity (Wildman–Crippen MR) is 78.8 cm³/mol. The van der Waals surface area contributed by atoms with E-state index >= 15 is 0 Å². The third-order valence-corrected chi connectivity index (χ3v) is 3.34. The summed E-state index contributed by atoms with van der Waals surface area (Å²) in [6.07, 6.45) is 1.33. The maximum Gasteiger partial charge on any atom is 0.233 e. The summed E-state index contributed by atoms with van der Waals surface area (Å²) in [6, 6.07) is 14.2.